The van der Waals surface area contributed by atoms with E-state index in [1.54, 1.807) is 4.90 Å². The molecule has 0 aliphatic carbocycles. The van der Waals surface area contributed by atoms with Gasteiger partial charge in [-0.15, -0.1) is 0 Å². The van der Waals surface area contributed by atoms with Gasteiger partial charge in [-0.25, -0.2) is 0 Å². The predicted octanol–water partition coefficient (Wildman–Crippen LogP) is 1.16. The third-order valence-corrected chi connectivity index (χ3v) is 1.96. The molecule has 0 heterocycles. The van der Waals surface area contributed by atoms with Gasteiger partial charge in [0.25, 0.3) is 0 Å². The van der Waals surface area contributed by atoms with Gasteiger partial charge in [0, 0.05) is 18.1 Å². The van der Waals surface area contributed by atoms with Crippen molar-refractivity contribution in [1.29, 1.82) is 0 Å². The molecule has 0 aliphatic heterocycles. The molecule has 2 amide bonds. The lowest BCUT2D eigenvalue weighted by Crippen LogP contribution is -2.50. The highest BCUT2D eigenvalue weighted by Crippen LogP contribution is 2.05. The van der Waals surface area contributed by atoms with Gasteiger partial charge >= 0.3 is 11.8 Å². The fourth-order valence-electron chi connectivity index (χ4n) is 1.51. The molecule has 0 aromatic heterocycles. The first kappa shape index (κ1) is 13.9. The molecule has 15 heavy (non-hydrogen) atoms. The summed E-state index contributed by atoms with van der Waals surface area (Å²) in [6.07, 6.45) is 0. The third-order valence-electron chi connectivity index (χ3n) is 1.96. The Hall–Kier alpha value is -1.06. The molecule has 0 rings (SSSR count). The molecule has 0 radical (unpaired) electrons. The van der Waals surface area contributed by atoms with Gasteiger partial charge in [0.05, 0.1) is 0 Å². The normalized spacial score (nSPS) is 11.0. The largest absolute Gasteiger partial charge is 0.346 e. The number of amides is 2. The van der Waals surface area contributed by atoms with Crippen LogP contribution in [-0.2, 0) is 9.59 Å². The topological polar surface area (TPSA) is 49.4 Å². The molecule has 0 fully saturated rings. The monoisotopic (exact) mass is 214 g/mol. The zero-order chi connectivity index (χ0) is 12.2. The first-order chi connectivity index (χ1) is 6.77. The highest BCUT2D eigenvalue weighted by molar-refractivity contribution is 6.35. The van der Waals surface area contributed by atoms with Gasteiger partial charge in [-0.3, -0.25) is 9.59 Å². The second-order valence-corrected chi connectivity index (χ2v) is 4.53. The molecule has 4 heteroatoms. The van der Waals surface area contributed by atoms with Gasteiger partial charge in [0.1, 0.15) is 0 Å². The number of rotatable bonds is 3. The van der Waals surface area contributed by atoms with E-state index in [-0.39, 0.29) is 18.1 Å². The molecule has 0 aliphatic rings. The van der Waals surface area contributed by atoms with E-state index in [1.807, 2.05) is 41.5 Å². The summed E-state index contributed by atoms with van der Waals surface area (Å²) < 4.78 is 0. The second-order valence-electron chi connectivity index (χ2n) is 4.53. The second kappa shape index (κ2) is 5.73. The Kier molecular flexibility index (Phi) is 5.33. The molecule has 0 saturated carbocycles. The van der Waals surface area contributed by atoms with Crippen LogP contribution < -0.4 is 5.32 Å². The minimum Gasteiger partial charge on any atom is -0.346 e. The van der Waals surface area contributed by atoms with Crippen LogP contribution in [0.15, 0.2) is 0 Å². The van der Waals surface area contributed by atoms with Crippen LogP contribution in [0.1, 0.15) is 41.5 Å². The van der Waals surface area contributed by atoms with Gasteiger partial charge in [-0.1, -0.05) is 0 Å². The zero-order valence-electron chi connectivity index (χ0n) is 10.5. The highest BCUT2D eigenvalue weighted by Gasteiger charge is 2.26. The SMILES string of the molecule is CC(C)NC(=O)C(=O)N(C(C)C)C(C)C. The van der Waals surface area contributed by atoms with Gasteiger partial charge in [-0.05, 0) is 41.5 Å². The van der Waals surface area contributed by atoms with Crippen molar-refractivity contribution < 1.29 is 9.59 Å². The predicted molar refractivity (Wildman–Crippen MR) is 60.4 cm³/mol. The number of nitrogens with zero attached hydrogens (tertiary/aromatic N) is 1. The van der Waals surface area contributed by atoms with E-state index >= 15 is 0 Å². The number of hydrogen-bond donors (Lipinski definition) is 1. The van der Waals surface area contributed by atoms with E-state index < -0.39 is 11.8 Å². The average molecular weight is 214 g/mol. The minimum atomic E-state index is -0.521. The van der Waals surface area contributed by atoms with Gasteiger partial charge in [-0.2, -0.15) is 0 Å². The lowest BCUT2D eigenvalue weighted by Gasteiger charge is -2.30. The highest BCUT2D eigenvalue weighted by atomic mass is 16.2. The Morgan fingerprint density at radius 3 is 1.60 bits per heavy atom. The van der Waals surface area contributed by atoms with Gasteiger partial charge < -0.3 is 10.2 Å². The summed E-state index contributed by atoms with van der Waals surface area (Å²) in [4.78, 5) is 24.9. The van der Waals surface area contributed by atoms with E-state index in [4.69, 9.17) is 0 Å². The Morgan fingerprint density at radius 2 is 1.33 bits per heavy atom. The summed E-state index contributed by atoms with van der Waals surface area (Å²) in [6, 6.07) is 0.0634. The van der Waals surface area contributed by atoms with Crippen molar-refractivity contribution in [3.8, 4) is 0 Å². The van der Waals surface area contributed by atoms with Crippen molar-refractivity contribution >= 4 is 11.8 Å². The number of carbonyl (C=O) groups is 2. The summed E-state index contributed by atoms with van der Waals surface area (Å²) in [7, 11) is 0. The summed E-state index contributed by atoms with van der Waals surface area (Å²) >= 11 is 0. The van der Waals surface area contributed by atoms with E-state index in [1.165, 1.54) is 0 Å². The van der Waals surface area contributed by atoms with Crippen molar-refractivity contribution in [2.45, 2.75) is 59.7 Å². The standard InChI is InChI=1S/C11H22N2O2/c1-7(2)12-10(14)11(15)13(8(3)4)9(5)6/h7-9H,1-6H3,(H,12,14). The van der Waals surface area contributed by atoms with Crippen LogP contribution in [0.4, 0.5) is 0 Å². The summed E-state index contributed by atoms with van der Waals surface area (Å²) in [5, 5.41) is 2.60. The maximum Gasteiger partial charge on any atom is 0.312 e. The Morgan fingerprint density at radius 1 is 0.933 bits per heavy atom. The van der Waals surface area contributed by atoms with Crippen molar-refractivity contribution in [1.82, 2.24) is 10.2 Å². The van der Waals surface area contributed by atoms with Crippen LogP contribution in [0.25, 0.3) is 0 Å². The Balaban J connectivity index is 4.58. The average Bonchev–Trinajstić information content (AvgIpc) is 2.00. The Bertz CT molecular complexity index is 227. The maximum absolute atomic E-state index is 11.8. The van der Waals surface area contributed by atoms with E-state index in [2.05, 4.69) is 5.32 Å². The molecule has 0 saturated heterocycles. The minimum absolute atomic E-state index is 0.0115. The smallest absolute Gasteiger partial charge is 0.312 e. The summed E-state index contributed by atoms with van der Waals surface area (Å²) in [5.41, 5.74) is 0. The van der Waals surface area contributed by atoms with Crippen LogP contribution >= 0.6 is 0 Å². The molecule has 1 N–H and O–H groups in total. The molecular weight excluding hydrogens is 192 g/mol. The molecule has 0 spiro atoms. The molecule has 0 atom stereocenters. The maximum atomic E-state index is 11.8. The molecule has 4 nitrogen and oxygen atoms in total. The molecular formula is C11H22N2O2. The van der Waals surface area contributed by atoms with Crippen molar-refractivity contribution in [3.05, 3.63) is 0 Å². The first-order valence-corrected chi connectivity index (χ1v) is 5.40. The molecule has 88 valence electrons. The van der Waals surface area contributed by atoms with Crippen LogP contribution in [0, 0.1) is 0 Å². The first-order valence-electron chi connectivity index (χ1n) is 5.40. The fraction of sp³-hybridized carbons (Fsp3) is 0.818. The molecule has 0 bridgehead atoms. The van der Waals surface area contributed by atoms with Crippen LogP contribution in [0.3, 0.4) is 0 Å². The van der Waals surface area contributed by atoms with Crippen molar-refractivity contribution in [2.24, 2.45) is 0 Å². The number of nitrogens with one attached hydrogen (secondary N) is 1. The van der Waals surface area contributed by atoms with Gasteiger partial charge in [0.15, 0.2) is 0 Å². The fourth-order valence-corrected chi connectivity index (χ4v) is 1.51. The van der Waals surface area contributed by atoms with Crippen molar-refractivity contribution in [3.63, 3.8) is 0 Å². The van der Waals surface area contributed by atoms with E-state index in [0.717, 1.165) is 0 Å². The van der Waals surface area contributed by atoms with Gasteiger partial charge in [0.2, 0.25) is 0 Å². The van der Waals surface area contributed by atoms with Crippen LogP contribution in [-0.4, -0.2) is 34.8 Å². The lowest BCUT2D eigenvalue weighted by molar-refractivity contribution is -0.148. The molecule has 0 aromatic carbocycles. The lowest BCUT2D eigenvalue weighted by atomic mass is 10.2. The van der Waals surface area contributed by atoms with Crippen molar-refractivity contribution in [2.75, 3.05) is 0 Å². The number of hydrogen-bond acceptors (Lipinski definition) is 2. The van der Waals surface area contributed by atoms with E-state index in [9.17, 15) is 9.59 Å². The molecule has 0 unspecified atom stereocenters. The summed E-state index contributed by atoms with van der Waals surface area (Å²) in [5.74, 6) is -0.971. The van der Waals surface area contributed by atoms with E-state index in [0.29, 0.717) is 0 Å². The zero-order valence-corrected chi connectivity index (χ0v) is 10.5. The molecule has 0 aromatic rings. The summed E-state index contributed by atoms with van der Waals surface area (Å²) in [6.45, 7) is 11.3. The van der Waals surface area contributed by atoms with Crippen LogP contribution in [0.5, 0.6) is 0 Å². The number of carbonyl (C=O) groups excluding carboxylic acids is 2. The third kappa shape index (κ3) is 4.32. The Labute approximate surface area is 92.0 Å². The van der Waals surface area contributed by atoms with Crippen LogP contribution in [0.2, 0.25) is 0 Å². The quantitative estimate of drug-likeness (QED) is 0.717.